The van der Waals surface area contributed by atoms with Gasteiger partial charge >= 0.3 is 5.97 Å². The number of hydrogen-bond donors (Lipinski definition) is 1. The van der Waals surface area contributed by atoms with E-state index in [0.717, 1.165) is 55.8 Å². The van der Waals surface area contributed by atoms with Crippen LogP contribution in [-0.4, -0.2) is 36.2 Å². The number of anilines is 1. The zero-order valence-corrected chi connectivity index (χ0v) is 15.2. The second-order valence-electron chi connectivity index (χ2n) is 5.47. The maximum Gasteiger partial charge on any atom is 0.341 e. The van der Waals surface area contributed by atoms with E-state index in [1.165, 1.54) is 12.0 Å². The van der Waals surface area contributed by atoms with Gasteiger partial charge in [-0.05, 0) is 49.9 Å². The number of aryl methyl sites for hydroxylation is 1. The summed E-state index contributed by atoms with van der Waals surface area (Å²) < 4.78 is 4.97. The van der Waals surface area contributed by atoms with Crippen molar-refractivity contribution >= 4 is 39.6 Å². The Hall–Kier alpha value is -1.14. The molecule has 122 valence electrons. The van der Waals surface area contributed by atoms with Gasteiger partial charge in [0.1, 0.15) is 5.00 Å². The van der Waals surface area contributed by atoms with Crippen LogP contribution in [-0.2, 0) is 17.6 Å². The molecule has 0 amide bonds. The monoisotopic (exact) mass is 340 g/mol. The van der Waals surface area contributed by atoms with E-state index in [1.807, 2.05) is 0 Å². The standard InChI is InChI=1S/C16H24N2O2S2/c1-4-9-18(10-5-2)16(21)17-14-13(15(19)20-3)11-7-6-8-12(11)22-14/h4-10H2,1-3H3,(H,17,21). The number of ether oxygens (including phenoxy) is 1. The molecule has 4 nitrogen and oxygen atoms in total. The minimum atomic E-state index is -0.262. The maximum atomic E-state index is 12.1. The Balaban J connectivity index is 2.22. The van der Waals surface area contributed by atoms with Gasteiger partial charge in [0.25, 0.3) is 0 Å². The first-order chi connectivity index (χ1) is 10.6. The summed E-state index contributed by atoms with van der Waals surface area (Å²) in [6.45, 7) is 6.15. The predicted octanol–water partition coefficient (Wildman–Crippen LogP) is 3.84. The third-order valence-corrected chi connectivity index (χ3v) is 5.37. The van der Waals surface area contributed by atoms with Crippen LogP contribution in [0, 0.1) is 0 Å². The molecule has 0 saturated carbocycles. The predicted molar refractivity (Wildman–Crippen MR) is 96.1 cm³/mol. The Morgan fingerprint density at radius 3 is 2.59 bits per heavy atom. The highest BCUT2D eigenvalue weighted by molar-refractivity contribution is 7.80. The Kier molecular flexibility index (Phi) is 6.20. The minimum Gasteiger partial charge on any atom is -0.465 e. The van der Waals surface area contributed by atoms with Crippen molar-refractivity contribution in [3.63, 3.8) is 0 Å². The molecule has 0 aromatic carbocycles. The summed E-state index contributed by atoms with van der Waals surface area (Å²) in [6, 6.07) is 0. The molecule has 0 saturated heterocycles. The summed E-state index contributed by atoms with van der Waals surface area (Å²) in [7, 11) is 1.43. The molecule has 1 aliphatic rings. The molecule has 1 heterocycles. The van der Waals surface area contributed by atoms with Gasteiger partial charge in [0.05, 0.1) is 12.7 Å². The van der Waals surface area contributed by atoms with Gasteiger partial charge in [-0.25, -0.2) is 4.79 Å². The van der Waals surface area contributed by atoms with E-state index in [1.54, 1.807) is 11.3 Å². The zero-order valence-electron chi connectivity index (χ0n) is 13.5. The lowest BCUT2D eigenvalue weighted by molar-refractivity contribution is 0.0601. The smallest absolute Gasteiger partial charge is 0.341 e. The molecule has 1 aromatic heterocycles. The summed E-state index contributed by atoms with van der Waals surface area (Å²) >= 11 is 7.20. The van der Waals surface area contributed by atoms with Crippen molar-refractivity contribution in [3.05, 3.63) is 16.0 Å². The Morgan fingerprint density at radius 1 is 1.32 bits per heavy atom. The summed E-state index contributed by atoms with van der Waals surface area (Å²) in [4.78, 5) is 15.6. The van der Waals surface area contributed by atoms with Crippen molar-refractivity contribution in [2.75, 3.05) is 25.5 Å². The Bertz CT molecular complexity index is 549. The minimum absolute atomic E-state index is 0.262. The fourth-order valence-electron chi connectivity index (χ4n) is 2.84. The second kappa shape index (κ2) is 7.92. The number of carbonyl (C=O) groups is 1. The van der Waals surface area contributed by atoms with Crippen molar-refractivity contribution in [1.29, 1.82) is 0 Å². The van der Waals surface area contributed by atoms with Gasteiger partial charge in [-0.15, -0.1) is 11.3 Å². The molecular formula is C16H24N2O2S2. The zero-order chi connectivity index (χ0) is 16.1. The van der Waals surface area contributed by atoms with Crippen molar-refractivity contribution in [2.45, 2.75) is 46.0 Å². The number of thiophene rings is 1. The number of hydrogen-bond acceptors (Lipinski definition) is 4. The molecular weight excluding hydrogens is 316 g/mol. The van der Waals surface area contributed by atoms with Crippen LogP contribution in [0.1, 0.15) is 53.9 Å². The third-order valence-electron chi connectivity index (χ3n) is 3.81. The van der Waals surface area contributed by atoms with Crippen molar-refractivity contribution in [1.82, 2.24) is 4.90 Å². The lowest BCUT2D eigenvalue weighted by Crippen LogP contribution is -2.36. The number of thiocarbonyl (C=S) groups is 1. The van der Waals surface area contributed by atoms with Crippen LogP contribution in [0.5, 0.6) is 0 Å². The van der Waals surface area contributed by atoms with Crippen molar-refractivity contribution < 1.29 is 9.53 Å². The van der Waals surface area contributed by atoms with E-state index >= 15 is 0 Å². The lowest BCUT2D eigenvalue weighted by atomic mass is 10.1. The van der Waals surface area contributed by atoms with Gasteiger partial charge in [0, 0.05) is 18.0 Å². The first kappa shape index (κ1) is 17.2. The van der Waals surface area contributed by atoms with Crippen LogP contribution in [0.4, 0.5) is 5.00 Å². The van der Waals surface area contributed by atoms with Crippen molar-refractivity contribution in [3.8, 4) is 0 Å². The highest BCUT2D eigenvalue weighted by atomic mass is 32.1. The van der Waals surface area contributed by atoms with E-state index in [2.05, 4.69) is 24.1 Å². The quantitative estimate of drug-likeness (QED) is 0.629. The Labute approximate surface area is 141 Å². The largest absolute Gasteiger partial charge is 0.465 e. The maximum absolute atomic E-state index is 12.1. The molecule has 6 heteroatoms. The SMILES string of the molecule is CCCN(CCC)C(=S)Nc1sc2c(c1C(=O)OC)CCC2. The molecule has 1 aromatic rings. The lowest BCUT2D eigenvalue weighted by Gasteiger charge is -2.24. The van der Waals surface area contributed by atoms with Gasteiger partial charge in [0.15, 0.2) is 5.11 Å². The van der Waals surface area contributed by atoms with Gasteiger partial charge in [0.2, 0.25) is 0 Å². The molecule has 0 aliphatic heterocycles. The molecule has 1 N–H and O–H groups in total. The van der Waals surface area contributed by atoms with Crippen LogP contribution < -0.4 is 5.32 Å². The van der Waals surface area contributed by atoms with E-state index in [0.29, 0.717) is 10.7 Å². The highest BCUT2D eigenvalue weighted by Gasteiger charge is 2.28. The summed E-state index contributed by atoms with van der Waals surface area (Å²) in [5.41, 5.74) is 1.84. The number of rotatable bonds is 6. The first-order valence-corrected chi connectivity index (χ1v) is 9.13. The van der Waals surface area contributed by atoms with Gasteiger partial charge in [-0.2, -0.15) is 0 Å². The number of esters is 1. The van der Waals surface area contributed by atoms with Crippen LogP contribution in [0.2, 0.25) is 0 Å². The summed E-state index contributed by atoms with van der Waals surface area (Å²) in [5.74, 6) is -0.262. The normalized spacial score (nSPS) is 12.9. The number of nitrogens with zero attached hydrogens (tertiary/aromatic N) is 1. The summed E-state index contributed by atoms with van der Waals surface area (Å²) in [5, 5.41) is 4.85. The topological polar surface area (TPSA) is 41.6 Å². The van der Waals surface area contributed by atoms with Gasteiger partial charge in [-0.3, -0.25) is 0 Å². The molecule has 2 rings (SSSR count). The van der Waals surface area contributed by atoms with Crippen LogP contribution in [0.25, 0.3) is 0 Å². The second-order valence-corrected chi connectivity index (χ2v) is 6.96. The number of methoxy groups -OCH3 is 1. The van der Waals surface area contributed by atoms with Crippen molar-refractivity contribution in [2.24, 2.45) is 0 Å². The highest BCUT2D eigenvalue weighted by Crippen LogP contribution is 2.39. The number of nitrogens with one attached hydrogen (secondary N) is 1. The molecule has 0 bridgehead atoms. The van der Waals surface area contributed by atoms with Crippen LogP contribution in [0.3, 0.4) is 0 Å². The molecule has 0 fully saturated rings. The third kappa shape index (κ3) is 3.60. The van der Waals surface area contributed by atoms with Crippen LogP contribution in [0.15, 0.2) is 0 Å². The summed E-state index contributed by atoms with van der Waals surface area (Å²) in [6.07, 6.45) is 5.22. The van der Waals surface area contributed by atoms with E-state index in [4.69, 9.17) is 17.0 Å². The molecule has 0 unspecified atom stereocenters. The first-order valence-electron chi connectivity index (χ1n) is 7.91. The van der Waals surface area contributed by atoms with Crippen LogP contribution >= 0.6 is 23.6 Å². The van der Waals surface area contributed by atoms with E-state index in [-0.39, 0.29) is 5.97 Å². The fraction of sp³-hybridized carbons (Fsp3) is 0.625. The average Bonchev–Trinajstić information content (AvgIpc) is 3.06. The van der Waals surface area contributed by atoms with Gasteiger partial charge < -0.3 is 15.0 Å². The average molecular weight is 341 g/mol. The van der Waals surface area contributed by atoms with E-state index < -0.39 is 0 Å². The fourth-order valence-corrected chi connectivity index (χ4v) is 4.47. The van der Waals surface area contributed by atoms with E-state index in [9.17, 15) is 4.79 Å². The molecule has 1 aliphatic carbocycles. The molecule has 0 radical (unpaired) electrons. The Morgan fingerprint density at radius 2 is 2.00 bits per heavy atom. The van der Waals surface area contributed by atoms with Gasteiger partial charge in [-0.1, -0.05) is 13.8 Å². The molecule has 0 spiro atoms. The number of fused-ring (bicyclic) bond motifs is 1. The molecule has 22 heavy (non-hydrogen) atoms. The number of carbonyl (C=O) groups excluding carboxylic acids is 1. The molecule has 0 atom stereocenters.